The summed E-state index contributed by atoms with van der Waals surface area (Å²) in [6.45, 7) is 5.06. The van der Waals surface area contributed by atoms with Crippen LogP contribution in [0.5, 0.6) is 0 Å². The number of nitrogens with one attached hydrogen (secondary N) is 1. The second-order valence-corrected chi connectivity index (χ2v) is 4.33. The first-order valence-corrected chi connectivity index (χ1v) is 5.04. The monoisotopic (exact) mass is 205 g/mol. The minimum Gasteiger partial charge on any atom is -0.381 e. The van der Waals surface area contributed by atoms with E-state index in [0.717, 1.165) is 6.42 Å². The zero-order valence-corrected chi connectivity index (χ0v) is 8.86. The zero-order valence-electron chi connectivity index (χ0n) is 8.10. The lowest BCUT2D eigenvalue weighted by Crippen LogP contribution is -2.47. The van der Waals surface area contributed by atoms with Gasteiger partial charge in [-0.25, -0.2) is 0 Å². The summed E-state index contributed by atoms with van der Waals surface area (Å²) < 4.78 is 5.13. The topological polar surface area (TPSA) is 38.3 Å². The van der Waals surface area contributed by atoms with E-state index < -0.39 is 0 Å². The van der Waals surface area contributed by atoms with Gasteiger partial charge in [0.15, 0.2) is 0 Å². The van der Waals surface area contributed by atoms with Crippen LogP contribution < -0.4 is 5.32 Å². The van der Waals surface area contributed by atoms with Gasteiger partial charge in [0.1, 0.15) is 0 Å². The molecule has 1 unspecified atom stereocenters. The lowest BCUT2D eigenvalue weighted by molar-refractivity contribution is -0.126. The standard InChI is InChI=1S/C9H16ClNO2/c1-9(2,6-10)11-8(12)7-3-4-13-5-7/h7H,3-6H2,1-2H3,(H,11,12). The fourth-order valence-corrected chi connectivity index (χ4v) is 1.28. The van der Waals surface area contributed by atoms with Crippen LogP contribution in [0.25, 0.3) is 0 Å². The van der Waals surface area contributed by atoms with E-state index in [1.807, 2.05) is 13.8 Å². The summed E-state index contributed by atoms with van der Waals surface area (Å²) in [4.78, 5) is 11.6. The van der Waals surface area contributed by atoms with Gasteiger partial charge in [-0.2, -0.15) is 0 Å². The molecule has 3 nitrogen and oxygen atoms in total. The Balaban J connectivity index is 2.40. The van der Waals surface area contributed by atoms with Crippen LogP contribution in [0, 0.1) is 5.92 Å². The Morgan fingerprint density at radius 1 is 1.69 bits per heavy atom. The van der Waals surface area contributed by atoms with Gasteiger partial charge in [0.05, 0.1) is 12.5 Å². The van der Waals surface area contributed by atoms with E-state index in [2.05, 4.69) is 5.32 Å². The van der Waals surface area contributed by atoms with Crippen LogP contribution in [0.15, 0.2) is 0 Å². The summed E-state index contributed by atoms with van der Waals surface area (Å²) in [5.74, 6) is 0.498. The third-order valence-corrected chi connectivity index (χ3v) is 2.76. The number of alkyl halides is 1. The quantitative estimate of drug-likeness (QED) is 0.703. The van der Waals surface area contributed by atoms with Gasteiger partial charge in [-0.3, -0.25) is 4.79 Å². The summed E-state index contributed by atoms with van der Waals surface area (Å²) >= 11 is 5.70. The molecule has 1 amide bonds. The number of rotatable bonds is 3. The van der Waals surface area contributed by atoms with Crippen molar-refractivity contribution in [2.75, 3.05) is 19.1 Å². The lowest BCUT2D eigenvalue weighted by atomic mass is 10.0. The van der Waals surface area contributed by atoms with Crippen LogP contribution in [-0.2, 0) is 9.53 Å². The highest BCUT2D eigenvalue weighted by atomic mass is 35.5. The Morgan fingerprint density at radius 2 is 2.38 bits per heavy atom. The Labute approximate surface area is 83.8 Å². The minimum atomic E-state index is -0.318. The van der Waals surface area contributed by atoms with Crippen molar-refractivity contribution in [2.24, 2.45) is 5.92 Å². The smallest absolute Gasteiger partial charge is 0.225 e. The minimum absolute atomic E-state index is 0.0162. The molecule has 13 heavy (non-hydrogen) atoms. The average Bonchev–Trinajstić information content (AvgIpc) is 2.55. The van der Waals surface area contributed by atoms with Gasteiger partial charge < -0.3 is 10.1 Å². The van der Waals surface area contributed by atoms with Crippen LogP contribution >= 0.6 is 11.6 Å². The van der Waals surface area contributed by atoms with Crippen LogP contribution in [-0.4, -0.2) is 30.5 Å². The molecule has 4 heteroatoms. The number of amides is 1. The van der Waals surface area contributed by atoms with Crippen molar-refractivity contribution >= 4 is 17.5 Å². The van der Waals surface area contributed by atoms with Crippen LogP contribution in [0.2, 0.25) is 0 Å². The van der Waals surface area contributed by atoms with Gasteiger partial charge in [-0.1, -0.05) is 0 Å². The maximum atomic E-state index is 11.6. The maximum Gasteiger partial charge on any atom is 0.225 e. The Kier molecular flexibility index (Phi) is 3.56. The third kappa shape index (κ3) is 3.16. The molecule has 0 aliphatic carbocycles. The van der Waals surface area contributed by atoms with E-state index in [4.69, 9.17) is 16.3 Å². The summed E-state index contributed by atoms with van der Waals surface area (Å²) in [5.41, 5.74) is -0.318. The first kappa shape index (κ1) is 10.8. The van der Waals surface area contributed by atoms with E-state index in [1.54, 1.807) is 0 Å². The largest absolute Gasteiger partial charge is 0.381 e. The predicted molar refractivity (Wildman–Crippen MR) is 51.9 cm³/mol. The molecular weight excluding hydrogens is 190 g/mol. The number of ether oxygens (including phenoxy) is 1. The highest BCUT2D eigenvalue weighted by molar-refractivity contribution is 6.18. The van der Waals surface area contributed by atoms with Crippen molar-refractivity contribution in [1.82, 2.24) is 5.32 Å². The first-order chi connectivity index (χ1) is 6.05. The molecular formula is C9H16ClNO2. The Bertz CT molecular complexity index is 188. The van der Waals surface area contributed by atoms with Gasteiger partial charge >= 0.3 is 0 Å². The molecule has 0 bridgehead atoms. The molecule has 0 spiro atoms. The van der Waals surface area contributed by atoms with E-state index in [1.165, 1.54) is 0 Å². The summed E-state index contributed by atoms with van der Waals surface area (Å²) in [6.07, 6.45) is 0.824. The van der Waals surface area contributed by atoms with Crippen molar-refractivity contribution in [3.8, 4) is 0 Å². The second kappa shape index (κ2) is 4.29. The molecule has 0 saturated carbocycles. The zero-order chi connectivity index (χ0) is 9.90. The molecule has 1 aliphatic rings. The van der Waals surface area contributed by atoms with E-state index >= 15 is 0 Å². The van der Waals surface area contributed by atoms with E-state index in [0.29, 0.717) is 19.1 Å². The molecule has 0 aromatic carbocycles. The number of hydrogen-bond acceptors (Lipinski definition) is 2. The summed E-state index contributed by atoms with van der Waals surface area (Å²) in [7, 11) is 0. The number of hydrogen-bond donors (Lipinski definition) is 1. The molecule has 0 aromatic rings. The fraction of sp³-hybridized carbons (Fsp3) is 0.889. The van der Waals surface area contributed by atoms with Crippen molar-refractivity contribution in [3.63, 3.8) is 0 Å². The highest BCUT2D eigenvalue weighted by Crippen LogP contribution is 2.14. The van der Waals surface area contributed by atoms with Crippen LogP contribution in [0.4, 0.5) is 0 Å². The van der Waals surface area contributed by atoms with Crippen molar-refractivity contribution < 1.29 is 9.53 Å². The van der Waals surface area contributed by atoms with Gasteiger partial charge in [-0.05, 0) is 20.3 Å². The molecule has 0 radical (unpaired) electrons. The summed E-state index contributed by atoms with van der Waals surface area (Å²) in [5, 5.41) is 2.90. The normalized spacial score (nSPS) is 23.2. The molecule has 1 aliphatic heterocycles. The SMILES string of the molecule is CC(C)(CCl)NC(=O)C1CCOC1. The van der Waals surface area contributed by atoms with Crippen molar-refractivity contribution in [1.29, 1.82) is 0 Å². The highest BCUT2D eigenvalue weighted by Gasteiger charge is 2.27. The number of halogens is 1. The van der Waals surface area contributed by atoms with Crippen LogP contribution in [0.3, 0.4) is 0 Å². The maximum absolute atomic E-state index is 11.6. The fourth-order valence-electron chi connectivity index (χ4n) is 1.21. The van der Waals surface area contributed by atoms with E-state index in [-0.39, 0.29) is 17.4 Å². The van der Waals surface area contributed by atoms with Gasteiger partial charge in [0, 0.05) is 18.0 Å². The molecule has 0 aromatic heterocycles. The number of carbonyl (C=O) groups excluding carboxylic acids is 1. The molecule has 1 N–H and O–H groups in total. The molecule has 1 rings (SSSR count). The second-order valence-electron chi connectivity index (χ2n) is 4.07. The first-order valence-electron chi connectivity index (χ1n) is 4.51. The molecule has 76 valence electrons. The molecule has 1 saturated heterocycles. The molecule has 1 atom stereocenters. The van der Waals surface area contributed by atoms with E-state index in [9.17, 15) is 4.79 Å². The van der Waals surface area contributed by atoms with Crippen molar-refractivity contribution in [3.05, 3.63) is 0 Å². The van der Waals surface area contributed by atoms with Gasteiger partial charge in [0.25, 0.3) is 0 Å². The average molecular weight is 206 g/mol. The third-order valence-electron chi connectivity index (χ3n) is 2.10. The van der Waals surface area contributed by atoms with Crippen LogP contribution in [0.1, 0.15) is 20.3 Å². The number of carbonyl (C=O) groups is 1. The Hall–Kier alpha value is -0.280. The van der Waals surface area contributed by atoms with Crippen molar-refractivity contribution in [2.45, 2.75) is 25.8 Å². The lowest BCUT2D eigenvalue weighted by Gasteiger charge is -2.24. The van der Waals surface area contributed by atoms with Gasteiger partial charge in [-0.15, -0.1) is 11.6 Å². The molecule has 1 fully saturated rings. The predicted octanol–water partition coefficient (Wildman–Crippen LogP) is 1.16. The molecule has 1 heterocycles. The summed E-state index contributed by atoms with van der Waals surface area (Å²) in [6, 6.07) is 0. The Morgan fingerprint density at radius 3 is 2.85 bits per heavy atom. The van der Waals surface area contributed by atoms with Gasteiger partial charge in [0.2, 0.25) is 5.91 Å².